The van der Waals surface area contributed by atoms with Gasteiger partial charge >= 0.3 is 0 Å². The fourth-order valence-corrected chi connectivity index (χ4v) is 5.74. The number of aromatic nitrogens is 9. The van der Waals surface area contributed by atoms with Gasteiger partial charge in [0.05, 0.1) is 17.1 Å². The van der Waals surface area contributed by atoms with E-state index in [1.165, 1.54) is 0 Å². The van der Waals surface area contributed by atoms with E-state index in [0.29, 0.717) is 17.5 Å². The molecule has 9 heteroatoms. The van der Waals surface area contributed by atoms with E-state index in [1.54, 1.807) is 55.4 Å². The molecular weight excluding hydrogens is 558 g/mol. The summed E-state index contributed by atoms with van der Waals surface area (Å²) in [5.41, 5.74) is 11.4. The number of hydrogen-bond acceptors (Lipinski definition) is 9. The van der Waals surface area contributed by atoms with Crippen molar-refractivity contribution in [2.45, 2.75) is 20.8 Å². The molecule has 0 fully saturated rings. The first-order valence-corrected chi connectivity index (χ1v) is 14.4. The molecule has 1 aromatic carbocycles. The Morgan fingerprint density at radius 1 is 0.333 bits per heavy atom. The second-order valence-electron chi connectivity index (χ2n) is 10.5. The Kier molecular flexibility index (Phi) is 7.33. The number of nitrogens with zero attached hydrogens (tertiary/aromatic N) is 9. The van der Waals surface area contributed by atoms with Crippen molar-refractivity contribution in [2.24, 2.45) is 0 Å². The highest BCUT2D eigenvalue weighted by Crippen LogP contribution is 2.42. The largest absolute Gasteiger partial charge is 0.255 e. The summed E-state index contributed by atoms with van der Waals surface area (Å²) < 4.78 is 0. The molecule has 0 amide bonds. The second-order valence-corrected chi connectivity index (χ2v) is 10.5. The lowest BCUT2D eigenvalue weighted by molar-refractivity contribution is 1.16. The second kappa shape index (κ2) is 11.9. The Morgan fingerprint density at radius 2 is 0.600 bits per heavy atom. The molecule has 0 aliphatic rings. The van der Waals surface area contributed by atoms with Gasteiger partial charge in [0, 0.05) is 89.2 Å². The zero-order chi connectivity index (χ0) is 30.8. The summed E-state index contributed by atoms with van der Waals surface area (Å²) in [6, 6.07) is 17.5. The Bertz CT molecular complexity index is 1820. The molecule has 0 unspecified atom stereocenters. The lowest BCUT2D eigenvalue weighted by Crippen LogP contribution is -2.03. The molecule has 216 valence electrons. The summed E-state index contributed by atoms with van der Waals surface area (Å²) >= 11 is 0. The first-order chi connectivity index (χ1) is 22.1. The normalized spacial score (nSPS) is 11.0. The highest BCUT2D eigenvalue weighted by molar-refractivity contribution is 5.89. The van der Waals surface area contributed by atoms with Crippen LogP contribution in [0.15, 0.2) is 110 Å². The van der Waals surface area contributed by atoms with Crippen LogP contribution in [-0.2, 0) is 0 Å². The minimum Gasteiger partial charge on any atom is -0.255 e. The maximum atomic E-state index is 4.90. The predicted molar refractivity (Wildman–Crippen MR) is 173 cm³/mol. The van der Waals surface area contributed by atoms with Crippen LogP contribution < -0.4 is 0 Å². The van der Waals surface area contributed by atoms with Crippen molar-refractivity contribution < 1.29 is 0 Å². The molecule has 0 saturated heterocycles. The van der Waals surface area contributed by atoms with Crippen LogP contribution in [0, 0.1) is 20.8 Å². The highest BCUT2D eigenvalue weighted by atomic mass is 14.9. The Balaban J connectivity index is 1.39. The van der Waals surface area contributed by atoms with E-state index in [1.807, 2.05) is 55.0 Å². The Hall–Kier alpha value is -6.09. The molecule has 0 radical (unpaired) electrons. The van der Waals surface area contributed by atoms with Crippen LogP contribution >= 0.6 is 0 Å². The molecule has 45 heavy (non-hydrogen) atoms. The molecule has 0 aliphatic carbocycles. The zero-order valence-electron chi connectivity index (χ0n) is 24.9. The van der Waals surface area contributed by atoms with Gasteiger partial charge in [-0.05, 0) is 92.1 Å². The third kappa shape index (κ3) is 5.31. The summed E-state index contributed by atoms with van der Waals surface area (Å²) in [5, 5.41) is 0. The summed E-state index contributed by atoms with van der Waals surface area (Å²) in [7, 11) is 0. The van der Waals surface area contributed by atoms with E-state index in [4.69, 9.17) is 15.0 Å². The van der Waals surface area contributed by atoms with Gasteiger partial charge < -0.3 is 0 Å². The zero-order valence-corrected chi connectivity index (χ0v) is 24.9. The van der Waals surface area contributed by atoms with E-state index in [-0.39, 0.29) is 0 Å². The molecule has 0 saturated carbocycles. The van der Waals surface area contributed by atoms with Crippen LogP contribution in [0.4, 0.5) is 0 Å². The van der Waals surface area contributed by atoms with Gasteiger partial charge in [0.15, 0.2) is 17.5 Å². The highest BCUT2D eigenvalue weighted by Gasteiger charge is 2.23. The van der Waals surface area contributed by atoms with E-state index in [2.05, 4.69) is 50.7 Å². The van der Waals surface area contributed by atoms with Gasteiger partial charge in [0.1, 0.15) is 0 Å². The minimum atomic E-state index is 0.633. The van der Waals surface area contributed by atoms with Crippen LogP contribution in [0.2, 0.25) is 0 Å². The van der Waals surface area contributed by atoms with E-state index in [9.17, 15) is 0 Å². The maximum absolute atomic E-state index is 4.90. The van der Waals surface area contributed by atoms with Crippen LogP contribution in [-0.4, -0.2) is 44.9 Å². The average Bonchev–Trinajstić information content (AvgIpc) is 3.10. The minimum absolute atomic E-state index is 0.633. The molecule has 7 rings (SSSR count). The quantitative estimate of drug-likeness (QED) is 0.200. The predicted octanol–water partition coefficient (Wildman–Crippen LogP) is 7.17. The standard InChI is InChI=1S/C36H27N9/c1-22-31(28-10-7-25(19-43-28)34-37-13-4-14-38-34)23(2)33(30-12-9-27(21-45-30)36-41-17-6-18-42-36)24(3)32(22)29-11-8-26(20-44-29)35-39-15-5-16-40-35/h4-21H,1-3H3. The van der Waals surface area contributed by atoms with Crippen molar-refractivity contribution in [3.63, 3.8) is 0 Å². The van der Waals surface area contributed by atoms with Crippen LogP contribution in [0.3, 0.4) is 0 Å². The lowest BCUT2D eigenvalue weighted by atomic mass is 9.84. The third-order valence-corrected chi connectivity index (χ3v) is 7.78. The molecule has 0 bridgehead atoms. The Labute approximate surface area is 260 Å². The smallest absolute Gasteiger partial charge is 0.160 e. The van der Waals surface area contributed by atoms with E-state index in [0.717, 1.165) is 67.2 Å². The van der Waals surface area contributed by atoms with Gasteiger partial charge in [-0.3, -0.25) is 15.0 Å². The monoisotopic (exact) mass is 585 g/mol. The van der Waals surface area contributed by atoms with Crippen LogP contribution in [0.5, 0.6) is 0 Å². The summed E-state index contributed by atoms with van der Waals surface area (Å²) in [4.78, 5) is 41.0. The third-order valence-electron chi connectivity index (χ3n) is 7.78. The summed E-state index contributed by atoms with van der Waals surface area (Å²) in [6.45, 7) is 6.39. The topological polar surface area (TPSA) is 116 Å². The molecule has 0 N–H and O–H groups in total. The van der Waals surface area contributed by atoms with Crippen LogP contribution in [0.25, 0.3) is 67.9 Å². The van der Waals surface area contributed by atoms with Gasteiger partial charge in [0.2, 0.25) is 0 Å². The molecule has 7 aromatic rings. The Morgan fingerprint density at radius 3 is 0.822 bits per heavy atom. The van der Waals surface area contributed by atoms with Crippen LogP contribution in [0.1, 0.15) is 16.7 Å². The fraction of sp³-hybridized carbons (Fsp3) is 0.0833. The number of pyridine rings is 3. The van der Waals surface area contributed by atoms with Gasteiger partial charge in [0.25, 0.3) is 0 Å². The summed E-state index contributed by atoms with van der Waals surface area (Å²) in [6.07, 6.45) is 15.8. The van der Waals surface area contributed by atoms with E-state index >= 15 is 0 Å². The van der Waals surface area contributed by atoms with Gasteiger partial charge in [-0.15, -0.1) is 0 Å². The van der Waals surface area contributed by atoms with Crippen molar-refractivity contribution in [1.82, 2.24) is 44.9 Å². The first-order valence-electron chi connectivity index (χ1n) is 14.4. The molecule has 0 aliphatic heterocycles. The molecule has 6 aromatic heterocycles. The first kappa shape index (κ1) is 27.7. The van der Waals surface area contributed by atoms with Gasteiger partial charge in [-0.1, -0.05) is 0 Å². The summed E-state index contributed by atoms with van der Waals surface area (Å²) in [5.74, 6) is 1.90. The molecule has 6 heterocycles. The van der Waals surface area contributed by atoms with Crippen molar-refractivity contribution in [1.29, 1.82) is 0 Å². The lowest BCUT2D eigenvalue weighted by Gasteiger charge is -2.22. The van der Waals surface area contributed by atoms with Gasteiger partial charge in [-0.2, -0.15) is 0 Å². The fourth-order valence-electron chi connectivity index (χ4n) is 5.74. The molecule has 0 atom stereocenters. The molecule has 0 spiro atoms. The van der Waals surface area contributed by atoms with E-state index < -0.39 is 0 Å². The number of rotatable bonds is 6. The average molecular weight is 586 g/mol. The maximum Gasteiger partial charge on any atom is 0.160 e. The van der Waals surface area contributed by atoms with Crippen molar-refractivity contribution in [3.8, 4) is 67.9 Å². The van der Waals surface area contributed by atoms with Crippen molar-refractivity contribution >= 4 is 0 Å². The van der Waals surface area contributed by atoms with Crippen molar-refractivity contribution in [2.75, 3.05) is 0 Å². The number of hydrogen-bond donors (Lipinski definition) is 0. The van der Waals surface area contributed by atoms with Gasteiger partial charge in [-0.25, -0.2) is 29.9 Å². The molecule has 9 nitrogen and oxygen atoms in total. The molecular formula is C36H27N9. The SMILES string of the molecule is Cc1c(-c2ccc(-c3ncccn3)cn2)c(C)c(-c2ccc(-c3ncccn3)cn2)c(C)c1-c1ccc(-c2ncccn2)cn1. The number of benzene rings is 1. The van der Waals surface area contributed by atoms with Crippen molar-refractivity contribution in [3.05, 3.63) is 127 Å².